The van der Waals surface area contributed by atoms with E-state index in [-0.39, 0.29) is 40.7 Å². The molecule has 2 N–H and O–H groups in total. The van der Waals surface area contributed by atoms with Crippen LogP contribution in [0.5, 0.6) is 0 Å². The Bertz CT molecular complexity index is 1230. The molecule has 0 aliphatic carbocycles. The normalized spacial score (nSPS) is 16.2. The molecule has 0 saturated carbocycles. The van der Waals surface area contributed by atoms with Crippen molar-refractivity contribution in [2.75, 3.05) is 24.7 Å². The molecule has 0 spiro atoms. The Kier molecular flexibility index (Phi) is 7.85. The van der Waals surface area contributed by atoms with E-state index < -0.39 is 39.0 Å². The summed E-state index contributed by atoms with van der Waals surface area (Å²) in [5.41, 5.74) is -2.50. The van der Waals surface area contributed by atoms with Crippen LogP contribution in [-0.2, 0) is 16.0 Å². The molecule has 36 heavy (non-hydrogen) atoms. The molecule has 196 valence electrons. The highest BCUT2D eigenvalue weighted by Crippen LogP contribution is 2.33. The molecule has 2 aromatic rings. The third kappa shape index (κ3) is 6.85. The number of hydrogen-bond donors (Lipinski definition) is 2. The maximum Gasteiger partial charge on any atom is 0.416 e. The number of amides is 2. The predicted octanol–water partition coefficient (Wildman–Crippen LogP) is 4.74. The van der Waals surface area contributed by atoms with E-state index in [4.69, 9.17) is 0 Å². The average molecular weight is 527 g/mol. The largest absolute Gasteiger partial charge is 0.416 e. The Balaban J connectivity index is 1.82. The SMILES string of the molecule is CC(C)CC1(O)CCN(C(=O)Nc2cc(C(=O)c3ccc(S(C)(=O)=O)cc3)cc(C(F)(F)F)c2)CC1. The van der Waals surface area contributed by atoms with Crippen molar-refractivity contribution in [3.63, 3.8) is 0 Å². The summed E-state index contributed by atoms with van der Waals surface area (Å²) in [5, 5.41) is 13.1. The number of sulfone groups is 1. The van der Waals surface area contributed by atoms with Gasteiger partial charge in [-0.15, -0.1) is 0 Å². The van der Waals surface area contributed by atoms with Gasteiger partial charge in [-0.05, 0) is 67.6 Å². The van der Waals surface area contributed by atoms with Crippen molar-refractivity contribution in [2.45, 2.75) is 49.8 Å². The molecule has 1 heterocycles. The van der Waals surface area contributed by atoms with Gasteiger partial charge in [-0.25, -0.2) is 13.2 Å². The summed E-state index contributed by atoms with van der Waals surface area (Å²) in [6.07, 6.45) is -2.47. The van der Waals surface area contributed by atoms with E-state index in [1.165, 1.54) is 29.2 Å². The Hall–Kier alpha value is -2.92. The summed E-state index contributed by atoms with van der Waals surface area (Å²) in [5.74, 6) is -0.479. The minimum atomic E-state index is -4.77. The molecule has 1 aliphatic heterocycles. The summed E-state index contributed by atoms with van der Waals surface area (Å²) < 4.78 is 63.9. The van der Waals surface area contributed by atoms with E-state index in [2.05, 4.69) is 5.32 Å². The van der Waals surface area contributed by atoms with Gasteiger partial charge < -0.3 is 15.3 Å². The lowest BCUT2D eigenvalue weighted by Crippen LogP contribution is -2.48. The van der Waals surface area contributed by atoms with Crippen LogP contribution in [0.4, 0.5) is 23.7 Å². The third-order valence-electron chi connectivity index (χ3n) is 6.09. The highest BCUT2D eigenvalue weighted by Gasteiger charge is 2.35. The number of carbonyl (C=O) groups excluding carboxylic acids is 2. The van der Waals surface area contributed by atoms with Crippen molar-refractivity contribution < 1.29 is 36.3 Å². The van der Waals surface area contributed by atoms with Crippen molar-refractivity contribution in [2.24, 2.45) is 5.92 Å². The first-order valence-electron chi connectivity index (χ1n) is 11.4. The quantitative estimate of drug-likeness (QED) is 0.529. The smallest absolute Gasteiger partial charge is 0.390 e. The molecule has 0 bridgehead atoms. The van der Waals surface area contributed by atoms with E-state index in [9.17, 15) is 36.3 Å². The van der Waals surface area contributed by atoms with Crippen LogP contribution < -0.4 is 5.32 Å². The fraction of sp³-hybridized carbons (Fsp3) is 0.440. The van der Waals surface area contributed by atoms with Crippen LogP contribution in [0, 0.1) is 5.92 Å². The van der Waals surface area contributed by atoms with Gasteiger partial charge in [0.15, 0.2) is 15.6 Å². The Morgan fingerprint density at radius 2 is 1.64 bits per heavy atom. The lowest BCUT2D eigenvalue weighted by molar-refractivity contribution is -0.137. The van der Waals surface area contributed by atoms with E-state index in [0.29, 0.717) is 25.3 Å². The van der Waals surface area contributed by atoms with Gasteiger partial charge in [0.25, 0.3) is 0 Å². The van der Waals surface area contributed by atoms with Crippen molar-refractivity contribution in [3.8, 4) is 0 Å². The van der Waals surface area contributed by atoms with Gasteiger partial charge in [-0.3, -0.25) is 4.79 Å². The van der Waals surface area contributed by atoms with Gasteiger partial charge in [0.2, 0.25) is 0 Å². The Morgan fingerprint density at radius 3 is 2.14 bits per heavy atom. The average Bonchev–Trinajstić information content (AvgIpc) is 2.77. The zero-order valence-corrected chi connectivity index (χ0v) is 21.0. The fourth-order valence-electron chi connectivity index (χ4n) is 4.31. The summed E-state index contributed by atoms with van der Waals surface area (Å²) in [4.78, 5) is 27.1. The summed E-state index contributed by atoms with van der Waals surface area (Å²) in [7, 11) is -3.51. The van der Waals surface area contributed by atoms with Crippen LogP contribution in [0.25, 0.3) is 0 Å². The van der Waals surface area contributed by atoms with Crippen LogP contribution in [0.2, 0.25) is 0 Å². The maximum atomic E-state index is 13.6. The van der Waals surface area contributed by atoms with Crippen LogP contribution >= 0.6 is 0 Å². The van der Waals surface area contributed by atoms with Crippen molar-refractivity contribution in [3.05, 3.63) is 59.2 Å². The summed E-state index contributed by atoms with van der Waals surface area (Å²) in [6, 6.07) is 6.82. The van der Waals surface area contributed by atoms with Gasteiger partial charge >= 0.3 is 12.2 Å². The number of urea groups is 1. The van der Waals surface area contributed by atoms with Gasteiger partial charge in [-0.2, -0.15) is 13.2 Å². The van der Waals surface area contributed by atoms with Gasteiger partial charge in [-0.1, -0.05) is 13.8 Å². The highest BCUT2D eigenvalue weighted by atomic mass is 32.2. The number of carbonyl (C=O) groups is 2. The van der Waals surface area contributed by atoms with Crippen LogP contribution in [0.15, 0.2) is 47.4 Å². The second kappa shape index (κ2) is 10.2. The predicted molar refractivity (Wildman–Crippen MR) is 129 cm³/mol. The molecule has 0 radical (unpaired) electrons. The first-order chi connectivity index (χ1) is 16.6. The van der Waals surface area contributed by atoms with Gasteiger partial charge in [0.1, 0.15) is 0 Å². The van der Waals surface area contributed by atoms with E-state index >= 15 is 0 Å². The third-order valence-corrected chi connectivity index (χ3v) is 7.22. The maximum absolute atomic E-state index is 13.6. The Morgan fingerprint density at radius 1 is 1.06 bits per heavy atom. The van der Waals surface area contributed by atoms with Crippen LogP contribution in [0.3, 0.4) is 0 Å². The molecule has 3 rings (SSSR count). The molecule has 2 amide bonds. The number of nitrogens with zero attached hydrogens (tertiary/aromatic N) is 1. The van der Waals surface area contributed by atoms with Crippen molar-refractivity contribution in [1.82, 2.24) is 4.90 Å². The topological polar surface area (TPSA) is 104 Å². The number of alkyl halides is 3. The molecule has 7 nitrogen and oxygen atoms in total. The molecule has 0 atom stereocenters. The van der Waals surface area contributed by atoms with Crippen molar-refractivity contribution >= 4 is 27.3 Å². The molecular formula is C25H29F3N2O5S. The number of benzene rings is 2. The van der Waals surface area contributed by atoms with E-state index in [1.807, 2.05) is 13.8 Å². The molecule has 1 saturated heterocycles. The molecule has 11 heteroatoms. The second-order valence-electron chi connectivity index (χ2n) is 9.66. The minimum absolute atomic E-state index is 0.000491. The number of aliphatic hydroxyl groups is 1. The number of hydrogen-bond acceptors (Lipinski definition) is 5. The monoisotopic (exact) mass is 526 g/mol. The number of ketones is 1. The lowest BCUT2D eigenvalue weighted by atomic mass is 9.84. The van der Waals surface area contributed by atoms with E-state index in [0.717, 1.165) is 18.4 Å². The number of likely N-dealkylation sites (tertiary alicyclic amines) is 1. The lowest BCUT2D eigenvalue weighted by Gasteiger charge is -2.39. The fourth-order valence-corrected chi connectivity index (χ4v) is 4.94. The molecule has 2 aromatic carbocycles. The first-order valence-corrected chi connectivity index (χ1v) is 13.3. The molecule has 0 unspecified atom stereocenters. The Labute approximate surface area is 208 Å². The summed E-state index contributed by atoms with van der Waals surface area (Å²) >= 11 is 0. The van der Waals surface area contributed by atoms with Crippen LogP contribution in [0.1, 0.15) is 54.6 Å². The molecule has 0 aromatic heterocycles. The molecule has 1 fully saturated rings. The number of halogens is 3. The first kappa shape index (κ1) is 27.7. The number of nitrogens with one attached hydrogen (secondary N) is 1. The van der Waals surface area contributed by atoms with Gasteiger partial charge in [0.05, 0.1) is 16.1 Å². The van der Waals surface area contributed by atoms with E-state index in [1.54, 1.807) is 0 Å². The number of piperidine rings is 1. The molecule has 1 aliphatic rings. The van der Waals surface area contributed by atoms with Crippen molar-refractivity contribution in [1.29, 1.82) is 0 Å². The zero-order chi connectivity index (χ0) is 26.9. The minimum Gasteiger partial charge on any atom is -0.390 e. The van der Waals surface area contributed by atoms with Gasteiger partial charge in [0, 0.05) is 36.2 Å². The zero-order valence-electron chi connectivity index (χ0n) is 20.2. The standard InChI is InChI=1S/C25H29F3N2O5S/c1-16(2)15-24(33)8-10-30(11-9-24)23(32)29-20-13-18(12-19(14-20)25(26,27)28)22(31)17-4-6-21(7-5-17)36(3,34)35/h4-7,12-14,16,33H,8-11,15H2,1-3H3,(H,29,32). The summed E-state index contributed by atoms with van der Waals surface area (Å²) in [6.45, 7) is 4.46. The number of rotatable bonds is 6. The van der Waals surface area contributed by atoms with Crippen LogP contribution in [-0.4, -0.2) is 55.2 Å². The second-order valence-corrected chi connectivity index (χ2v) is 11.7. The number of anilines is 1. The molecular weight excluding hydrogens is 497 g/mol. The highest BCUT2D eigenvalue weighted by molar-refractivity contribution is 7.90.